The van der Waals surface area contributed by atoms with E-state index in [1.807, 2.05) is 0 Å². The van der Waals surface area contributed by atoms with E-state index in [0.29, 0.717) is 24.3 Å². The molecule has 0 saturated carbocycles. The van der Waals surface area contributed by atoms with Crippen LogP contribution in [0.3, 0.4) is 0 Å². The Balaban J connectivity index is 1.67. The molecule has 2 aliphatic rings. The largest absolute Gasteiger partial charge is 0.442 e. The maximum atomic E-state index is 14.6. The van der Waals surface area contributed by atoms with E-state index in [2.05, 4.69) is 5.32 Å². The highest BCUT2D eigenvalue weighted by Crippen LogP contribution is 2.32. The van der Waals surface area contributed by atoms with Gasteiger partial charge >= 0.3 is 6.09 Å². The average molecular weight is 363 g/mol. The second kappa shape index (κ2) is 7.72. The summed E-state index contributed by atoms with van der Waals surface area (Å²) in [5.74, 6) is -0.487. The van der Waals surface area contributed by atoms with Gasteiger partial charge in [0.05, 0.1) is 18.8 Å². The predicted molar refractivity (Wildman–Crippen MR) is 92.3 cm³/mol. The molecule has 0 radical (unpaired) electrons. The summed E-state index contributed by atoms with van der Waals surface area (Å²) in [5, 5.41) is 2.61. The van der Waals surface area contributed by atoms with E-state index in [0.717, 1.165) is 19.3 Å². The molecule has 3 rings (SSSR count). The molecule has 7 nitrogen and oxygen atoms in total. The molecule has 0 spiro atoms. The molecule has 1 atom stereocenters. The Bertz CT molecular complexity index is 704. The fourth-order valence-corrected chi connectivity index (χ4v) is 3.43. The van der Waals surface area contributed by atoms with Crippen molar-refractivity contribution in [3.8, 4) is 0 Å². The van der Waals surface area contributed by atoms with Crippen molar-refractivity contribution in [2.75, 3.05) is 31.1 Å². The smallest absolute Gasteiger partial charge is 0.414 e. The zero-order valence-corrected chi connectivity index (χ0v) is 14.6. The van der Waals surface area contributed by atoms with Crippen molar-refractivity contribution in [1.29, 1.82) is 0 Å². The Hall–Kier alpha value is -2.64. The molecule has 26 heavy (non-hydrogen) atoms. The Morgan fingerprint density at radius 1 is 1.38 bits per heavy atom. The minimum absolute atomic E-state index is 0.0679. The summed E-state index contributed by atoms with van der Waals surface area (Å²) in [6, 6.07) is 4.77. The normalized spacial score (nSPS) is 20.8. The first kappa shape index (κ1) is 18.2. The first-order valence-electron chi connectivity index (χ1n) is 8.69. The molecule has 8 heteroatoms. The molecular formula is C18H22FN3O4. The number of hydrogen-bond acceptors (Lipinski definition) is 4. The third-order valence-corrected chi connectivity index (χ3v) is 4.87. The number of ether oxygens (including phenoxy) is 1. The van der Waals surface area contributed by atoms with Gasteiger partial charge < -0.3 is 15.0 Å². The van der Waals surface area contributed by atoms with Crippen molar-refractivity contribution in [2.45, 2.75) is 31.8 Å². The number of halogens is 1. The molecule has 1 aromatic rings. The van der Waals surface area contributed by atoms with Crippen LogP contribution in [-0.2, 0) is 14.3 Å². The van der Waals surface area contributed by atoms with Gasteiger partial charge in [-0.05, 0) is 36.5 Å². The molecule has 0 bridgehead atoms. The van der Waals surface area contributed by atoms with Gasteiger partial charge in [-0.3, -0.25) is 14.5 Å². The van der Waals surface area contributed by atoms with Gasteiger partial charge in [-0.2, -0.15) is 0 Å². The molecule has 0 aromatic heterocycles. The summed E-state index contributed by atoms with van der Waals surface area (Å²) in [7, 11) is 0. The van der Waals surface area contributed by atoms with E-state index in [1.165, 1.54) is 17.9 Å². The maximum Gasteiger partial charge on any atom is 0.414 e. The number of rotatable bonds is 5. The molecule has 3 amide bonds. The fourth-order valence-electron chi connectivity index (χ4n) is 3.43. The van der Waals surface area contributed by atoms with E-state index in [4.69, 9.17) is 4.74 Å². The van der Waals surface area contributed by atoms with Crippen molar-refractivity contribution in [2.24, 2.45) is 0 Å². The lowest BCUT2D eigenvalue weighted by atomic mass is 9.89. The van der Waals surface area contributed by atoms with Gasteiger partial charge in [0.1, 0.15) is 11.9 Å². The number of benzene rings is 1. The molecule has 0 aliphatic carbocycles. The Kier molecular flexibility index (Phi) is 5.39. The molecule has 2 saturated heterocycles. The van der Waals surface area contributed by atoms with E-state index in [9.17, 15) is 18.8 Å². The van der Waals surface area contributed by atoms with Crippen molar-refractivity contribution < 1.29 is 23.5 Å². The number of nitrogens with one attached hydrogen (secondary N) is 1. The van der Waals surface area contributed by atoms with Gasteiger partial charge in [0, 0.05) is 20.0 Å². The topological polar surface area (TPSA) is 79.0 Å². The monoisotopic (exact) mass is 363 g/mol. The van der Waals surface area contributed by atoms with Crippen LogP contribution in [0, 0.1) is 5.82 Å². The SMILES string of the molecule is CC(=O)NC[C@H]1CN(c2ccc(C3CCN(C=O)CC3)c(F)c2)C(=O)O1. The summed E-state index contributed by atoms with van der Waals surface area (Å²) in [4.78, 5) is 36.8. The van der Waals surface area contributed by atoms with Crippen molar-refractivity contribution in [3.05, 3.63) is 29.6 Å². The fraction of sp³-hybridized carbons (Fsp3) is 0.500. The van der Waals surface area contributed by atoms with Gasteiger partial charge in [-0.1, -0.05) is 6.07 Å². The van der Waals surface area contributed by atoms with Crippen molar-refractivity contribution >= 4 is 24.1 Å². The highest BCUT2D eigenvalue weighted by atomic mass is 19.1. The minimum Gasteiger partial charge on any atom is -0.442 e. The van der Waals surface area contributed by atoms with E-state index >= 15 is 0 Å². The first-order chi connectivity index (χ1) is 12.5. The molecule has 0 unspecified atom stereocenters. The highest BCUT2D eigenvalue weighted by molar-refractivity contribution is 5.89. The summed E-state index contributed by atoms with van der Waals surface area (Å²) < 4.78 is 19.8. The number of piperidine rings is 1. The summed E-state index contributed by atoms with van der Waals surface area (Å²) in [5.41, 5.74) is 1.05. The Labute approximate surface area is 151 Å². The number of hydrogen-bond donors (Lipinski definition) is 1. The van der Waals surface area contributed by atoms with Crippen LogP contribution in [0.2, 0.25) is 0 Å². The van der Waals surface area contributed by atoms with Crippen LogP contribution in [0.1, 0.15) is 31.2 Å². The van der Waals surface area contributed by atoms with Gasteiger partial charge in [-0.25, -0.2) is 9.18 Å². The van der Waals surface area contributed by atoms with Crippen LogP contribution in [0.5, 0.6) is 0 Å². The second-order valence-electron chi connectivity index (χ2n) is 6.67. The zero-order chi connectivity index (χ0) is 18.7. The molecule has 140 valence electrons. The molecule has 2 heterocycles. The zero-order valence-electron chi connectivity index (χ0n) is 14.6. The molecule has 2 aliphatic heterocycles. The van der Waals surface area contributed by atoms with Crippen LogP contribution in [0.15, 0.2) is 18.2 Å². The maximum absolute atomic E-state index is 14.6. The van der Waals surface area contributed by atoms with Crippen LogP contribution < -0.4 is 10.2 Å². The molecule has 2 fully saturated rings. The van der Waals surface area contributed by atoms with Crippen LogP contribution in [0.25, 0.3) is 0 Å². The second-order valence-corrected chi connectivity index (χ2v) is 6.67. The molecular weight excluding hydrogens is 341 g/mol. The minimum atomic E-state index is -0.549. The van der Waals surface area contributed by atoms with E-state index in [1.54, 1.807) is 17.0 Å². The van der Waals surface area contributed by atoms with Crippen LogP contribution in [-0.4, -0.2) is 55.6 Å². The predicted octanol–water partition coefficient (Wildman–Crippen LogP) is 1.62. The van der Waals surface area contributed by atoms with Gasteiger partial charge in [0.2, 0.25) is 12.3 Å². The van der Waals surface area contributed by atoms with Crippen LogP contribution >= 0.6 is 0 Å². The molecule has 1 N–H and O–H groups in total. The number of amides is 3. The third kappa shape index (κ3) is 3.95. The van der Waals surface area contributed by atoms with Crippen molar-refractivity contribution in [3.63, 3.8) is 0 Å². The van der Waals surface area contributed by atoms with Gasteiger partial charge in [-0.15, -0.1) is 0 Å². The number of anilines is 1. The summed E-state index contributed by atoms with van der Waals surface area (Å²) in [6.07, 6.45) is 1.26. The highest BCUT2D eigenvalue weighted by Gasteiger charge is 2.33. The lowest BCUT2D eigenvalue weighted by Crippen LogP contribution is -2.33. The first-order valence-corrected chi connectivity index (χ1v) is 8.69. The Morgan fingerprint density at radius 2 is 2.12 bits per heavy atom. The van der Waals surface area contributed by atoms with E-state index < -0.39 is 12.2 Å². The summed E-state index contributed by atoms with van der Waals surface area (Å²) in [6.45, 7) is 3.13. The number of nitrogens with zero attached hydrogens (tertiary/aromatic N) is 2. The summed E-state index contributed by atoms with van der Waals surface area (Å²) >= 11 is 0. The number of carbonyl (C=O) groups is 3. The lowest BCUT2D eigenvalue weighted by Gasteiger charge is -2.29. The van der Waals surface area contributed by atoms with Gasteiger partial charge in [0.25, 0.3) is 0 Å². The lowest BCUT2D eigenvalue weighted by molar-refractivity contribution is -0.120. The number of cyclic esters (lactones) is 1. The third-order valence-electron chi connectivity index (χ3n) is 4.87. The van der Waals surface area contributed by atoms with Crippen LogP contribution in [0.4, 0.5) is 14.9 Å². The number of carbonyl (C=O) groups excluding carboxylic acids is 3. The number of likely N-dealkylation sites (tertiary alicyclic amines) is 1. The quantitative estimate of drug-likeness (QED) is 0.807. The standard InChI is InChI=1S/C18H22FN3O4/c1-12(24)20-9-15-10-22(18(25)26-15)14-2-3-16(17(19)8-14)13-4-6-21(11-23)7-5-13/h2-3,8,11,13,15H,4-7,9-10H2,1H3,(H,20,24)/t15-/m0/s1. The van der Waals surface area contributed by atoms with Gasteiger partial charge in [0.15, 0.2) is 0 Å². The average Bonchev–Trinajstić information content (AvgIpc) is 3.01. The molecule has 1 aromatic carbocycles. The Morgan fingerprint density at radius 3 is 2.73 bits per heavy atom. The van der Waals surface area contributed by atoms with Crippen molar-refractivity contribution in [1.82, 2.24) is 10.2 Å². The van der Waals surface area contributed by atoms with E-state index in [-0.39, 0.29) is 30.7 Å².